The summed E-state index contributed by atoms with van der Waals surface area (Å²) in [6.45, 7) is 0. The minimum atomic E-state index is 0.171. The third-order valence-corrected chi connectivity index (χ3v) is 27.4. The summed E-state index contributed by atoms with van der Waals surface area (Å²) in [4.78, 5) is 11.2. The first kappa shape index (κ1) is 71.6. The molecule has 0 saturated heterocycles. The van der Waals surface area contributed by atoms with Crippen molar-refractivity contribution in [1.29, 1.82) is 0 Å². The Hall–Kier alpha value is -17.0. The van der Waals surface area contributed by atoms with Crippen LogP contribution in [0.15, 0.2) is 449 Å². The molecular weight excluding hydrogens is 1550 g/mol. The molecule has 594 valence electrons. The minimum absolute atomic E-state index is 0.171. The first-order valence-electron chi connectivity index (χ1n) is 44.1. The monoisotopic (exact) mass is 1630 g/mol. The lowest BCUT2D eigenvalue weighted by Crippen LogP contribution is -1.98. The third-order valence-electron chi connectivity index (χ3n) is 27.4. The molecule has 6 aromatic heterocycles. The van der Waals surface area contributed by atoms with E-state index in [4.69, 9.17) is 9.97 Å². The second-order valence-electron chi connectivity index (χ2n) is 34.3. The van der Waals surface area contributed by atoms with Gasteiger partial charge in [-0.05, 0) is 271 Å². The molecule has 0 spiro atoms. The van der Waals surface area contributed by atoms with Crippen molar-refractivity contribution in [2.75, 3.05) is 0 Å². The van der Waals surface area contributed by atoms with Crippen LogP contribution in [0.1, 0.15) is 22.6 Å². The van der Waals surface area contributed by atoms with Gasteiger partial charge in [-0.3, -0.25) is 0 Å². The summed E-state index contributed by atoms with van der Waals surface area (Å²) in [7, 11) is 0. The Morgan fingerprint density at radius 3 is 0.891 bits per heavy atom. The van der Waals surface area contributed by atoms with Crippen molar-refractivity contribution in [2.45, 2.75) is 5.92 Å². The van der Waals surface area contributed by atoms with Gasteiger partial charge in [0, 0.05) is 105 Å². The van der Waals surface area contributed by atoms with E-state index in [0.717, 1.165) is 122 Å². The maximum atomic E-state index is 5.71. The van der Waals surface area contributed by atoms with Crippen LogP contribution in [0, 0.1) is 0 Å². The Labute approximate surface area is 736 Å². The fourth-order valence-electron chi connectivity index (χ4n) is 21.5. The van der Waals surface area contributed by atoms with Crippen molar-refractivity contribution >= 4 is 131 Å². The first-order valence-corrected chi connectivity index (χ1v) is 44.1. The molecule has 128 heavy (non-hydrogen) atoms. The van der Waals surface area contributed by atoms with Gasteiger partial charge in [0.05, 0.1) is 66.4 Å². The summed E-state index contributed by atoms with van der Waals surface area (Å²) in [6, 6.07) is 166. The van der Waals surface area contributed by atoms with Crippen molar-refractivity contribution in [1.82, 2.24) is 32.8 Å². The number of fused-ring (bicyclic) bond motifs is 21. The molecule has 1 atom stereocenters. The van der Waals surface area contributed by atoms with Gasteiger partial charge in [0.25, 0.3) is 0 Å². The Bertz CT molecular complexity index is 8890. The van der Waals surface area contributed by atoms with Crippen LogP contribution in [-0.4, -0.2) is 32.8 Å². The second kappa shape index (κ2) is 28.3. The highest BCUT2D eigenvalue weighted by molar-refractivity contribution is 6.18. The van der Waals surface area contributed by atoms with Crippen LogP contribution in [0.3, 0.4) is 0 Å². The third kappa shape index (κ3) is 11.1. The summed E-state index contributed by atoms with van der Waals surface area (Å²) in [5.41, 5.74) is 36.7. The molecule has 0 amide bonds. The lowest BCUT2D eigenvalue weighted by Gasteiger charge is -2.14. The number of benzene rings is 20. The molecular formula is C121H75N7. The van der Waals surface area contributed by atoms with Crippen LogP contribution >= 0.6 is 0 Å². The van der Waals surface area contributed by atoms with E-state index in [1.165, 1.54) is 126 Å². The van der Waals surface area contributed by atoms with Crippen LogP contribution < -0.4 is 0 Å². The molecule has 0 saturated carbocycles. The van der Waals surface area contributed by atoms with E-state index in [0.29, 0.717) is 5.82 Å². The van der Waals surface area contributed by atoms with E-state index in [-0.39, 0.29) is 5.92 Å². The average Bonchev–Trinajstić information content (AvgIpc) is 1.54. The van der Waals surface area contributed by atoms with Crippen LogP contribution in [-0.2, 0) is 0 Å². The van der Waals surface area contributed by atoms with E-state index in [2.05, 4.69) is 472 Å². The van der Waals surface area contributed by atoms with Crippen LogP contribution in [0.25, 0.3) is 237 Å². The van der Waals surface area contributed by atoms with Gasteiger partial charge in [0.2, 0.25) is 0 Å². The molecule has 20 aromatic carbocycles. The number of aromatic nitrogens is 7. The van der Waals surface area contributed by atoms with Crippen molar-refractivity contribution < 1.29 is 0 Å². The molecule has 1 aliphatic rings. The lowest BCUT2D eigenvalue weighted by atomic mass is 9.89. The fraction of sp³-hybridized carbons (Fsp3) is 0.00826. The number of hydrogen-bond donors (Lipinski definition) is 0. The predicted octanol–water partition coefficient (Wildman–Crippen LogP) is 31.4. The zero-order valence-electron chi connectivity index (χ0n) is 69.4. The van der Waals surface area contributed by atoms with Crippen LogP contribution in [0.5, 0.6) is 0 Å². The smallest absolute Gasteiger partial charge is 0.160 e. The van der Waals surface area contributed by atoms with E-state index < -0.39 is 0 Å². The van der Waals surface area contributed by atoms with Gasteiger partial charge in [0.15, 0.2) is 5.82 Å². The number of hydrogen-bond acceptors (Lipinski definition) is 2. The maximum absolute atomic E-state index is 5.71. The molecule has 7 nitrogen and oxygen atoms in total. The van der Waals surface area contributed by atoms with E-state index >= 15 is 0 Å². The summed E-state index contributed by atoms with van der Waals surface area (Å²) in [5.74, 6) is 0.826. The molecule has 0 bridgehead atoms. The van der Waals surface area contributed by atoms with E-state index in [1.54, 1.807) is 0 Å². The maximum Gasteiger partial charge on any atom is 0.160 e. The van der Waals surface area contributed by atoms with E-state index in [9.17, 15) is 0 Å². The molecule has 0 aliphatic heterocycles. The summed E-state index contributed by atoms with van der Waals surface area (Å²) in [6.07, 6.45) is 0. The highest BCUT2D eigenvalue weighted by atomic mass is 15.0. The van der Waals surface area contributed by atoms with Crippen molar-refractivity contribution in [3.05, 3.63) is 466 Å². The number of para-hydroxylation sites is 6. The largest absolute Gasteiger partial charge is 0.309 e. The van der Waals surface area contributed by atoms with Crippen molar-refractivity contribution in [3.8, 4) is 107 Å². The van der Waals surface area contributed by atoms with Gasteiger partial charge >= 0.3 is 0 Å². The molecule has 7 heteroatoms. The Balaban J connectivity index is 0.583. The molecule has 26 aromatic rings. The van der Waals surface area contributed by atoms with Crippen molar-refractivity contribution in [3.63, 3.8) is 0 Å². The fourth-order valence-corrected chi connectivity index (χ4v) is 21.5. The standard InChI is InChI=1S/C121H75N7/c1-5-24-76(25-6-1)118-97-37-16-15-33-93(97)99-67-79(45-58-98(99)118)83-50-63-116-103(71-83)104-72-86(82-49-62-113-102(70-82)96-36-19-22-40-110(96)126(113)89-30-11-4-12-31-89)53-66-117(104)128(116)91-56-43-78(44-57-91)121-122-107-59-46-75-23-13-14-32-92(75)119(107)120(123-121)77-41-54-90(55-42-77)127-114-64-51-84(80-47-60-111-100(68-80)94-34-17-20-38-108(94)124(111)87-26-7-2-8-27-87)73-105(114)106-74-85(52-65-115(106)127)81-48-61-112-101(69-81)95-35-18-21-39-109(95)125(112)88-28-9-3-10-29-88/h1-74,118H. The number of rotatable bonds is 12. The predicted molar refractivity (Wildman–Crippen MR) is 534 cm³/mol. The molecule has 0 radical (unpaired) electrons. The number of nitrogens with zero attached hydrogens (tertiary/aromatic N) is 7. The quantitative estimate of drug-likeness (QED) is 0.114. The van der Waals surface area contributed by atoms with Gasteiger partial charge in [-0.25, -0.2) is 9.97 Å². The summed E-state index contributed by atoms with van der Waals surface area (Å²) < 4.78 is 12.1. The lowest BCUT2D eigenvalue weighted by molar-refractivity contribution is 1.02. The van der Waals surface area contributed by atoms with Gasteiger partial charge in [0.1, 0.15) is 0 Å². The summed E-state index contributed by atoms with van der Waals surface area (Å²) in [5, 5.41) is 15.3. The Morgan fingerprint density at radius 1 is 0.180 bits per heavy atom. The van der Waals surface area contributed by atoms with Gasteiger partial charge in [-0.1, -0.05) is 261 Å². The minimum Gasteiger partial charge on any atom is -0.309 e. The summed E-state index contributed by atoms with van der Waals surface area (Å²) >= 11 is 0. The molecule has 1 unspecified atom stereocenters. The zero-order chi connectivity index (χ0) is 83.8. The Kier molecular flexibility index (Phi) is 15.8. The highest BCUT2D eigenvalue weighted by Gasteiger charge is 2.31. The molecule has 6 heterocycles. The molecule has 0 N–H and O–H groups in total. The van der Waals surface area contributed by atoms with Gasteiger partial charge < -0.3 is 22.8 Å². The van der Waals surface area contributed by atoms with Crippen molar-refractivity contribution in [2.24, 2.45) is 0 Å². The zero-order valence-corrected chi connectivity index (χ0v) is 69.4. The normalized spacial score (nSPS) is 12.8. The van der Waals surface area contributed by atoms with Crippen LogP contribution in [0.2, 0.25) is 0 Å². The topological polar surface area (TPSA) is 50.4 Å². The van der Waals surface area contributed by atoms with Gasteiger partial charge in [-0.2, -0.15) is 0 Å². The SMILES string of the molecule is c1ccc(C2c3ccccc3-c3cc(-c4ccc5c(c4)c4cc(-c6ccc7c(c6)c6ccccc6n7-c6ccccc6)ccc4n5-c4ccc(-c5nc(-c6ccc(-n7c8ccc(-c9ccc%10c(c9)c9ccccc9n%10-c9ccccc9)cc8c8cc(-c9ccc%10c(c9)c9ccccc9n%10-c9ccccc9)ccc87)cc6)c6c(ccc7ccccc76)n5)cc4)ccc32)cc1. The molecule has 27 rings (SSSR count). The highest BCUT2D eigenvalue weighted by Crippen LogP contribution is 2.51. The first-order chi connectivity index (χ1) is 63.5. The van der Waals surface area contributed by atoms with Gasteiger partial charge in [-0.15, -0.1) is 0 Å². The molecule has 1 aliphatic carbocycles. The second-order valence-corrected chi connectivity index (χ2v) is 34.3. The van der Waals surface area contributed by atoms with Crippen LogP contribution in [0.4, 0.5) is 0 Å². The van der Waals surface area contributed by atoms with E-state index in [1.807, 2.05) is 0 Å². The Morgan fingerprint density at radius 2 is 0.477 bits per heavy atom. The molecule has 0 fully saturated rings. The average molecular weight is 1630 g/mol.